The lowest BCUT2D eigenvalue weighted by Crippen LogP contribution is -2.17. The number of benzene rings is 2. The molecule has 5 rings (SSSR count). The molecule has 0 atom stereocenters. The first-order chi connectivity index (χ1) is 15.4. The molecule has 0 unspecified atom stereocenters. The van der Waals surface area contributed by atoms with Gasteiger partial charge >= 0.3 is 6.18 Å². The van der Waals surface area contributed by atoms with Crippen molar-refractivity contribution in [2.45, 2.75) is 12.7 Å². The molecule has 0 spiro atoms. The van der Waals surface area contributed by atoms with E-state index in [9.17, 15) is 18.0 Å². The van der Waals surface area contributed by atoms with Crippen LogP contribution in [0.4, 0.5) is 18.9 Å². The lowest BCUT2D eigenvalue weighted by Gasteiger charge is -2.11. The molecule has 0 bridgehead atoms. The van der Waals surface area contributed by atoms with Crippen molar-refractivity contribution < 1.29 is 27.4 Å². The van der Waals surface area contributed by atoms with Crippen LogP contribution in [-0.4, -0.2) is 33.6 Å². The van der Waals surface area contributed by atoms with Crippen molar-refractivity contribution in [1.82, 2.24) is 14.8 Å². The van der Waals surface area contributed by atoms with Crippen LogP contribution in [0.3, 0.4) is 0 Å². The minimum atomic E-state index is -4.37. The van der Waals surface area contributed by atoms with Gasteiger partial charge in [-0.25, -0.2) is 0 Å². The quantitative estimate of drug-likeness (QED) is 0.500. The second-order valence-corrected chi connectivity index (χ2v) is 7.12. The number of rotatable bonds is 4. The number of alkyl halides is 3. The molecule has 0 aliphatic carbocycles. The number of para-hydroxylation sites is 1. The van der Waals surface area contributed by atoms with Gasteiger partial charge < -0.3 is 14.8 Å². The number of anilines is 1. The van der Waals surface area contributed by atoms with Crippen molar-refractivity contribution in [2.24, 2.45) is 0 Å². The van der Waals surface area contributed by atoms with Gasteiger partial charge in [-0.1, -0.05) is 12.1 Å². The summed E-state index contributed by atoms with van der Waals surface area (Å²) in [6.45, 7) is -1.07. The van der Waals surface area contributed by atoms with Crippen molar-refractivity contribution in [1.29, 1.82) is 0 Å². The average molecular weight is 440 g/mol. The van der Waals surface area contributed by atoms with Gasteiger partial charge in [0.05, 0.1) is 17.4 Å². The Kier molecular flexibility index (Phi) is 4.69. The van der Waals surface area contributed by atoms with E-state index in [1.54, 1.807) is 42.5 Å². The van der Waals surface area contributed by atoms with E-state index in [1.165, 1.54) is 18.6 Å². The summed E-state index contributed by atoms with van der Waals surface area (Å²) in [4.78, 5) is 17.2. The Balaban J connectivity index is 1.46. The Bertz CT molecular complexity index is 1330. The van der Waals surface area contributed by atoms with Gasteiger partial charge in [0, 0.05) is 28.9 Å². The summed E-state index contributed by atoms with van der Waals surface area (Å²) in [5.41, 5.74) is 2.52. The number of carbonyl (C=O) groups excluding carboxylic acids is 1. The van der Waals surface area contributed by atoms with Gasteiger partial charge in [0.25, 0.3) is 5.91 Å². The Morgan fingerprint density at radius 1 is 1.12 bits per heavy atom. The summed E-state index contributed by atoms with van der Waals surface area (Å²) >= 11 is 0. The van der Waals surface area contributed by atoms with Crippen LogP contribution in [0.2, 0.25) is 0 Å². The van der Waals surface area contributed by atoms with Crippen LogP contribution in [0.25, 0.3) is 22.0 Å². The standard InChI is InChI=1S/C22H15F3N4O3/c23-22(24,25)11-29-10-14(9-27-29)15-6-7-26-20-16(15)2-1-3-17(20)28-21(30)13-4-5-18-19(8-13)32-12-31-18/h1-10H,11-12H2,(H,28,30). The van der Waals surface area contributed by atoms with Crippen LogP contribution >= 0.6 is 0 Å². The lowest BCUT2D eigenvalue weighted by molar-refractivity contribution is -0.142. The molecular formula is C22H15F3N4O3. The van der Waals surface area contributed by atoms with E-state index in [4.69, 9.17) is 9.47 Å². The molecule has 3 heterocycles. The van der Waals surface area contributed by atoms with Crippen molar-refractivity contribution >= 4 is 22.5 Å². The highest BCUT2D eigenvalue weighted by atomic mass is 19.4. The van der Waals surface area contributed by atoms with E-state index in [-0.39, 0.29) is 12.7 Å². The highest BCUT2D eigenvalue weighted by molar-refractivity contribution is 6.10. The Morgan fingerprint density at radius 2 is 1.97 bits per heavy atom. The summed E-state index contributed by atoms with van der Waals surface area (Å²) < 4.78 is 49.4. The molecule has 1 N–H and O–H groups in total. The molecule has 0 saturated heterocycles. The van der Waals surface area contributed by atoms with E-state index in [1.807, 2.05) is 0 Å². The fourth-order valence-electron chi connectivity index (χ4n) is 3.53. The summed E-state index contributed by atoms with van der Waals surface area (Å²) in [5.74, 6) is 0.705. The molecule has 0 fully saturated rings. The van der Waals surface area contributed by atoms with Crippen LogP contribution in [0, 0.1) is 0 Å². The van der Waals surface area contributed by atoms with Crippen molar-refractivity contribution in [3.8, 4) is 22.6 Å². The third-order valence-electron chi connectivity index (χ3n) is 4.94. The van der Waals surface area contributed by atoms with E-state index in [0.717, 1.165) is 4.68 Å². The number of nitrogens with zero attached hydrogens (tertiary/aromatic N) is 3. The number of pyridine rings is 1. The summed E-state index contributed by atoms with van der Waals surface area (Å²) in [7, 11) is 0. The topological polar surface area (TPSA) is 78.3 Å². The molecule has 2 aromatic heterocycles. The largest absolute Gasteiger partial charge is 0.454 e. The van der Waals surface area contributed by atoms with E-state index >= 15 is 0 Å². The molecule has 4 aromatic rings. The predicted molar refractivity (Wildman–Crippen MR) is 110 cm³/mol. The van der Waals surface area contributed by atoms with Gasteiger partial charge in [-0.15, -0.1) is 0 Å². The number of amides is 1. The lowest BCUT2D eigenvalue weighted by atomic mass is 10.0. The van der Waals surface area contributed by atoms with Crippen LogP contribution in [0.1, 0.15) is 10.4 Å². The van der Waals surface area contributed by atoms with Gasteiger partial charge in [-0.2, -0.15) is 18.3 Å². The number of nitrogens with one attached hydrogen (secondary N) is 1. The Labute approximate surface area is 179 Å². The third-order valence-corrected chi connectivity index (χ3v) is 4.94. The molecule has 32 heavy (non-hydrogen) atoms. The number of hydrogen-bond acceptors (Lipinski definition) is 5. The SMILES string of the molecule is O=C(Nc1cccc2c(-c3cnn(CC(F)(F)F)c3)ccnc12)c1ccc2c(c1)OCO2. The van der Waals surface area contributed by atoms with E-state index in [0.29, 0.717) is 44.8 Å². The van der Waals surface area contributed by atoms with Gasteiger partial charge in [-0.05, 0) is 35.9 Å². The minimum Gasteiger partial charge on any atom is -0.454 e. The average Bonchev–Trinajstić information content (AvgIpc) is 3.41. The fraction of sp³-hybridized carbons (Fsp3) is 0.136. The van der Waals surface area contributed by atoms with Crippen molar-refractivity contribution in [3.63, 3.8) is 0 Å². The zero-order chi connectivity index (χ0) is 22.3. The van der Waals surface area contributed by atoms with E-state index < -0.39 is 12.7 Å². The first-order valence-electron chi connectivity index (χ1n) is 9.56. The maximum Gasteiger partial charge on any atom is 0.408 e. The first-order valence-corrected chi connectivity index (χ1v) is 9.56. The first kappa shape index (κ1) is 19.9. The van der Waals surface area contributed by atoms with Crippen LogP contribution in [0.15, 0.2) is 61.1 Å². The van der Waals surface area contributed by atoms with Crippen LogP contribution in [-0.2, 0) is 6.54 Å². The molecule has 162 valence electrons. The van der Waals surface area contributed by atoms with Crippen molar-refractivity contribution in [2.75, 3.05) is 12.1 Å². The minimum absolute atomic E-state index is 0.107. The van der Waals surface area contributed by atoms with Crippen LogP contribution in [0.5, 0.6) is 11.5 Å². The Morgan fingerprint density at radius 3 is 2.81 bits per heavy atom. The third kappa shape index (κ3) is 3.82. The van der Waals surface area contributed by atoms with Gasteiger partial charge in [-0.3, -0.25) is 14.5 Å². The number of fused-ring (bicyclic) bond motifs is 2. The molecule has 2 aromatic carbocycles. The fourth-order valence-corrected chi connectivity index (χ4v) is 3.53. The van der Waals surface area contributed by atoms with Gasteiger partial charge in [0.15, 0.2) is 11.5 Å². The zero-order valence-corrected chi connectivity index (χ0v) is 16.4. The monoisotopic (exact) mass is 440 g/mol. The molecule has 10 heteroatoms. The number of aromatic nitrogens is 3. The Hall–Kier alpha value is -4.08. The maximum absolute atomic E-state index is 12.8. The van der Waals surface area contributed by atoms with Gasteiger partial charge in [0.2, 0.25) is 6.79 Å². The van der Waals surface area contributed by atoms with E-state index in [2.05, 4.69) is 15.4 Å². The highest BCUT2D eigenvalue weighted by Crippen LogP contribution is 2.34. The summed E-state index contributed by atoms with van der Waals surface area (Å²) in [5, 5.41) is 7.32. The summed E-state index contributed by atoms with van der Waals surface area (Å²) in [6.07, 6.45) is -0.122. The molecule has 7 nitrogen and oxygen atoms in total. The van der Waals surface area contributed by atoms with Crippen LogP contribution < -0.4 is 14.8 Å². The number of ether oxygens (including phenoxy) is 2. The molecule has 1 aliphatic heterocycles. The molecule has 1 amide bonds. The molecule has 0 radical (unpaired) electrons. The second kappa shape index (κ2) is 7.56. The normalized spacial score (nSPS) is 12.8. The van der Waals surface area contributed by atoms with Crippen molar-refractivity contribution in [3.05, 3.63) is 66.6 Å². The molecular weight excluding hydrogens is 425 g/mol. The highest BCUT2D eigenvalue weighted by Gasteiger charge is 2.28. The molecule has 1 aliphatic rings. The number of carbonyl (C=O) groups is 1. The zero-order valence-electron chi connectivity index (χ0n) is 16.4. The molecule has 0 saturated carbocycles. The predicted octanol–water partition coefficient (Wildman–Crippen LogP) is 4.64. The van der Waals surface area contributed by atoms with Gasteiger partial charge in [0.1, 0.15) is 6.54 Å². The smallest absolute Gasteiger partial charge is 0.408 e. The summed E-state index contributed by atoms with van der Waals surface area (Å²) in [6, 6.07) is 11.8. The maximum atomic E-state index is 12.8. The number of hydrogen-bond donors (Lipinski definition) is 1. The number of halogens is 3. The second-order valence-electron chi connectivity index (χ2n) is 7.12.